The second-order valence-electron chi connectivity index (χ2n) is 8.14. The Labute approximate surface area is 182 Å². The lowest BCUT2D eigenvalue weighted by Gasteiger charge is -2.26. The predicted octanol–water partition coefficient (Wildman–Crippen LogP) is 3.06. The van der Waals surface area contributed by atoms with E-state index < -0.39 is 30.6 Å². The van der Waals surface area contributed by atoms with Gasteiger partial charge in [0.2, 0.25) is 5.91 Å². The summed E-state index contributed by atoms with van der Waals surface area (Å²) in [6.45, 7) is 6.00. The molecular formula is C24H28N2O5. The van der Waals surface area contributed by atoms with Crippen molar-refractivity contribution >= 4 is 23.5 Å². The summed E-state index contributed by atoms with van der Waals surface area (Å²) < 4.78 is 6.31. The first kappa shape index (κ1) is 22.5. The summed E-state index contributed by atoms with van der Waals surface area (Å²) in [5.41, 5.74) is 3.56. The standard InChI is InChI=1S/C24H28N2O5/c1-15(2)14-26-19-11-7-6-10-18(19)23(17-9-5-4-8-16(17)3)31-20(24(26)30)12-21(27)25-13-22(28)29/h4-11,15,20,23H,12-14H2,1-3H3,(H,25,27)(H,28,29)/t20-,23-/m0/s1. The average Bonchev–Trinajstić information content (AvgIpc) is 2.83. The number of nitrogens with one attached hydrogen (secondary N) is 1. The van der Waals surface area contributed by atoms with Crippen LogP contribution in [0.4, 0.5) is 5.69 Å². The van der Waals surface area contributed by atoms with E-state index in [2.05, 4.69) is 5.32 Å². The topological polar surface area (TPSA) is 95.9 Å². The number of hydrogen-bond acceptors (Lipinski definition) is 4. The van der Waals surface area contributed by atoms with Crippen LogP contribution in [0.5, 0.6) is 0 Å². The van der Waals surface area contributed by atoms with Crippen molar-refractivity contribution in [3.63, 3.8) is 0 Å². The molecule has 2 N–H and O–H groups in total. The number of para-hydroxylation sites is 1. The van der Waals surface area contributed by atoms with E-state index in [0.29, 0.717) is 6.54 Å². The lowest BCUT2D eigenvalue weighted by Crippen LogP contribution is -2.44. The minimum Gasteiger partial charge on any atom is -0.480 e. The van der Waals surface area contributed by atoms with E-state index in [1.54, 1.807) is 4.90 Å². The molecule has 0 aliphatic carbocycles. The second-order valence-corrected chi connectivity index (χ2v) is 8.14. The molecule has 164 valence electrons. The minimum atomic E-state index is -1.15. The molecule has 0 unspecified atom stereocenters. The van der Waals surface area contributed by atoms with Crippen molar-refractivity contribution in [1.82, 2.24) is 5.32 Å². The Bertz CT molecular complexity index is 972. The molecule has 0 saturated heterocycles. The van der Waals surface area contributed by atoms with Gasteiger partial charge in [-0.05, 0) is 30.0 Å². The van der Waals surface area contributed by atoms with E-state index in [1.807, 2.05) is 69.3 Å². The number of amides is 2. The van der Waals surface area contributed by atoms with Gasteiger partial charge < -0.3 is 20.1 Å². The number of hydrogen-bond donors (Lipinski definition) is 2. The highest BCUT2D eigenvalue weighted by Crippen LogP contribution is 2.39. The maximum atomic E-state index is 13.5. The average molecular weight is 424 g/mol. The smallest absolute Gasteiger partial charge is 0.322 e. The summed E-state index contributed by atoms with van der Waals surface area (Å²) in [6, 6.07) is 15.4. The molecule has 7 nitrogen and oxygen atoms in total. The minimum absolute atomic E-state index is 0.202. The zero-order chi connectivity index (χ0) is 22.5. The van der Waals surface area contributed by atoms with Crippen LogP contribution < -0.4 is 10.2 Å². The number of nitrogens with zero attached hydrogens (tertiary/aromatic N) is 1. The van der Waals surface area contributed by atoms with Gasteiger partial charge >= 0.3 is 5.97 Å². The molecule has 2 aromatic rings. The summed E-state index contributed by atoms with van der Waals surface area (Å²) in [5, 5.41) is 11.1. The fraction of sp³-hybridized carbons (Fsp3) is 0.375. The molecule has 0 spiro atoms. The van der Waals surface area contributed by atoms with Crippen LogP contribution in [0.2, 0.25) is 0 Å². The highest BCUT2D eigenvalue weighted by atomic mass is 16.5. The third-order valence-electron chi connectivity index (χ3n) is 5.18. The number of carboxylic acids is 1. The third kappa shape index (κ3) is 5.30. The van der Waals surface area contributed by atoms with Gasteiger partial charge in [0.05, 0.1) is 6.42 Å². The normalized spacial score (nSPS) is 18.5. The molecule has 31 heavy (non-hydrogen) atoms. The van der Waals surface area contributed by atoms with Crippen molar-refractivity contribution in [3.05, 3.63) is 65.2 Å². The number of aliphatic carboxylic acids is 1. The fourth-order valence-electron chi connectivity index (χ4n) is 3.77. The molecular weight excluding hydrogens is 396 g/mol. The highest BCUT2D eigenvalue weighted by molar-refractivity contribution is 6.00. The van der Waals surface area contributed by atoms with Crippen molar-refractivity contribution in [2.45, 2.75) is 39.4 Å². The Hall–Kier alpha value is -3.19. The van der Waals surface area contributed by atoms with Crippen LogP contribution in [0.15, 0.2) is 48.5 Å². The third-order valence-corrected chi connectivity index (χ3v) is 5.18. The first-order valence-corrected chi connectivity index (χ1v) is 10.4. The monoisotopic (exact) mass is 424 g/mol. The van der Waals surface area contributed by atoms with Crippen LogP contribution in [0.3, 0.4) is 0 Å². The Morgan fingerprint density at radius 1 is 1.10 bits per heavy atom. The summed E-state index contributed by atoms with van der Waals surface area (Å²) >= 11 is 0. The number of ether oxygens (including phenoxy) is 1. The molecule has 1 aliphatic rings. The zero-order valence-electron chi connectivity index (χ0n) is 18.0. The Balaban J connectivity index is 2.04. The number of carboxylic acid groups (broad SMARTS) is 1. The van der Waals surface area contributed by atoms with E-state index in [1.165, 1.54) is 0 Å². The maximum Gasteiger partial charge on any atom is 0.322 e. The summed E-state index contributed by atoms with van der Waals surface area (Å²) in [7, 11) is 0. The predicted molar refractivity (Wildman–Crippen MR) is 117 cm³/mol. The van der Waals surface area contributed by atoms with Crippen LogP contribution in [0.1, 0.15) is 43.1 Å². The van der Waals surface area contributed by atoms with Crippen LogP contribution in [0.25, 0.3) is 0 Å². The maximum absolute atomic E-state index is 13.5. The summed E-state index contributed by atoms with van der Waals surface area (Å²) in [6.07, 6.45) is -1.82. The number of fused-ring (bicyclic) bond motifs is 1. The van der Waals surface area contributed by atoms with Crippen LogP contribution in [-0.2, 0) is 19.1 Å². The Kier molecular flexibility index (Phi) is 7.07. The van der Waals surface area contributed by atoms with Crippen molar-refractivity contribution < 1.29 is 24.2 Å². The van der Waals surface area contributed by atoms with E-state index in [-0.39, 0.29) is 18.2 Å². The summed E-state index contributed by atoms with van der Waals surface area (Å²) in [5.74, 6) is -1.79. The number of carbonyl (C=O) groups excluding carboxylic acids is 2. The number of anilines is 1. The lowest BCUT2D eigenvalue weighted by molar-refractivity contribution is -0.140. The molecule has 7 heteroatoms. The first-order chi connectivity index (χ1) is 14.8. The van der Waals surface area contributed by atoms with Crippen molar-refractivity contribution in [3.8, 4) is 0 Å². The number of carbonyl (C=O) groups is 3. The van der Waals surface area contributed by atoms with Gasteiger partial charge in [0, 0.05) is 17.8 Å². The number of aryl methyl sites for hydroxylation is 1. The molecule has 1 aliphatic heterocycles. The molecule has 0 bridgehead atoms. The molecule has 2 amide bonds. The largest absolute Gasteiger partial charge is 0.480 e. The van der Waals surface area contributed by atoms with E-state index >= 15 is 0 Å². The van der Waals surface area contributed by atoms with Crippen molar-refractivity contribution in [2.24, 2.45) is 5.92 Å². The van der Waals surface area contributed by atoms with Gasteiger partial charge in [0.15, 0.2) is 0 Å². The fourth-order valence-corrected chi connectivity index (χ4v) is 3.77. The van der Waals surface area contributed by atoms with Gasteiger partial charge in [-0.3, -0.25) is 14.4 Å². The van der Waals surface area contributed by atoms with E-state index in [9.17, 15) is 14.4 Å². The van der Waals surface area contributed by atoms with Gasteiger partial charge in [-0.25, -0.2) is 0 Å². The van der Waals surface area contributed by atoms with Gasteiger partial charge in [0.25, 0.3) is 5.91 Å². The van der Waals surface area contributed by atoms with Crippen LogP contribution in [0, 0.1) is 12.8 Å². The Morgan fingerprint density at radius 2 is 1.74 bits per heavy atom. The molecule has 0 aromatic heterocycles. The number of benzene rings is 2. The molecule has 2 atom stereocenters. The van der Waals surface area contributed by atoms with Gasteiger partial charge in [0.1, 0.15) is 18.8 Å². The molecule has 0 saturated carbocycles. The van der Waals surface area contributed by atoms with E-state index in [4.69, 9.17) is 9.84 Å². The van der Waals surface area contributed by atoms with Crippen LogP contribution >= 0.6 is 0 Å². The Morgan fingerprint density at radius 3 is 2.39 bits per heavy atom. The zero-order valence-corrected chi connectivity index (χ0v) is 18.0. The quantitative estimate of drug-likeness (QED) is 0.712. The molecule has 0 fully saturated rings. The van der Waals surface area contributed by atoms with E-state index in [0.717, 1.165) is 22.4 Å². The van der Waals surface area contributed by atoms with Gasteiger partial charge in [-0.2, -0.15) is 0 Å². The van der Waals surface area contributed by atoms with Crippen molar-refractivity contribution in [1.29, 1.82) is 0 Å². The van der Waals surface area contributed by atoms with Gasteiger partial charge in [-0.15, -0.1) is 0 Å². The number of rotatable bonds is 7. The van der Waals surface area contributed by atoms with Gasteiger partial charge in [-0.1, -0.05) is 56.3 Å². The van der Waals surface area contributed by atoms with Crippen molar-refractivity contribution in [2.75, 3.05) is 18.0 Å². The molecule has 3 rings (SSSR count). The molecule has 0 radical (unpaired) electrons. The van der Waals surface area contributed by atoms with Crippen LogP contribution in [-0.4, -0.2) is 42.1 Å². The SMILES string of the molecule is Cc1ccccc1[C@@H]1O[C@@H](CC(=O)NCC(=O)O)C(=O)N(CC(C)C)c2ccccc21. The summed E-state index contributed by atoms with van der Waals surface area (Å²) in [4.78, 5) is 38.3. The highest BCUT2D eigenvalue weighted by Gasteiger charge is 2.38. The molecule has 2 aromatic carbocycles. The second kappa shape index (κ2) is 9.75. The molecule has 1 heterocycles. The lowest BCUT2D eigenvalue weighted by atomic mass is 9.95. The first-order valence-electron chi connectivity index (χ1n) is 10.4.